The third kappa shape index (κ3) is 2.25. The van der Waals surface area contributed by atoms with Crippen LogP contribution in [0.25, 0.3) is 0 Å². The smallest absolute Gasteiger partial charge is 0.146 e. The van der Waals surface area contributed by atoms with E-state index in [1.54, 1.807) is 12.3 Å². The van der Waals surface area contributed by atoms with Crippen molar-refractivity contribution in [3.63, 3.8) is 0 Å². The zero-order valence-electron chi connectivity index (χ0n) is 10.4. The highest BCUT2D eigenvalue weighted by Gasteiger charge is 2.19. The van der Waals surface area contributed by atoms with E-state index in [1.807, 2.05) is 32.0 Å². The van der Waals surface area contributed by atoms with Crippen molar-refractivity contribution < 1.29 is 4.39 Å². The van der Waals surface area contributed by atoms with Gasteiger partial charge in [0, 0.05) is 11.8 Å². The number of rotatable bonds is 3. The topological polar surface area (TPSA) is 50.9 Å². The van der Waals surface area contributed by atoms with Gasteiger partial charge >= 0.3 is 0 Å². The van der Waals surface area contributed by atoms with Gasteiger partial charge in [-0.1, -0.05) is 18.2 Å². The van der Waals surface area contributed by atoms with Crippen LogP contribution in [0, 0.1) is 19.7 Å². The van der Waals surface area contributed by atoms with Crippen LogP contribution in [0.4, 0.5) is 4.39 Å². The van der Waals surface area contributed by atoms with E-state index in [0.717, 1.165) is 16.7 Å². The summed E-state index contributed by atoms with van der Waals surface area (Å²) < 4.78 is 13.8. The maximum Gasteiger partial charge on any atom is 0.146 e. The first kappa shape index (κ1) is 12.7. The van der Waals surface area contributed by atoms with Gasteiger partial charge in [-0.05, 0) is 36.6 Å². The Kier molecular flexibility index (Phi) is 3.69. The van der Waals surface area contributed by atoms with E-state index in [9.17, 15) is 4.39 Å². The van der Waals surface area contributed by atoms with Crippen LogP contribution in [0.15, 0.2) is 36.7 Å². The van der Waals surface area contributed by atoms with Crippen LogP contribution in [0.3, 0.4) is 0 Å². The second-order valence-electron chi connectivity index (χ2n) is 4.30. The lowest BCUT2D eigenvalue weighted by atomic mass is 9.92. The van der Waals surface area contributed by atoms with Gasteiger partial charge in [0.05, 0.1) is 12.2 Å². The summed E-state index contributed by atoms with van der Waals surface area (Å²) in [6, 6.07) is 7.24. The molecule has 1 aromatic heterocycles. The van der Waals surface area contributed by atoms with Gasteiger partial charge in [-0.2, -0.15) is 0 Å². The second-order valence-corrected chi connectivity index (χ2v) is 4.30. The van der Waals surface area contributed by atoms with E-state index < -0.39 is 0 Å². The van der Waals surface area contributed by atoms with Gasteiger partial charge in [0.15, 0.2) is 0 Å². The van der Waals surface area contributed by atoms with Gasteiger partial charge in [-0.15, -0.1) is 0 Å². The monoisotopic (exact) mass is 245 g/mol. The number of nitrogens with one attached hydrogen (secondary N) is 1. The SMILES string of the molecule is Cc1cccc(C)c1C(NN)c1ccncc1F. The van der Waals surface area contributed by atoms with Crippen molar-refractivity contribution in [2.45, 2.75) is 19.9 Å². The molecule has 0 fully saturated rings. The highest BCUT2D eigenvalue weighted by Crippen LogP contribution is 2.28. The molecule has 2 aromatic rings. The lowest BCUT2D eigenvalue weighted by Gasteiger charge is -2.21. The molecule has 0 aliphatic rings. The summed E-state index contributed by atoms with van der Waals surface area (Å²) in [5.74, 6) is 5.25. The molecule has 1 atom stereocenters. The third-order valence-corrected chi connectivity index (χ3v) is 3.11. The Morgan fingerprint density at radius 1 is 1.22 bits per heavy atom. The van der Waals surface area contributed by atoms with Crippen molar-refractivity contribution in [1.82, 2.24) is 10.4 Å². The molecule has 18 heavy (non-hydrogen) atoms. The fourth-order valence-electron chi connectivity index (χ4n) is 2.23. The number of benzene rings is 1. The molecule has 0 saturated carbocycles. The lowest BCUT2D eigenvalue weighted by molar-refractivity contribution is 0.553. The van der Waals surface area contributed by atoms with Crippen LogP contribution in [0.5, 0.6) is 0 Å². The molecule has 1 heterocycles. The van der Waals surface area contributed by atoms with E-state index >= 15 is 0 Å². The number of pyridine rings is 1. The summed E-state index contributed by atoms with van der Waals surface area (Å²) in [7, 11) is 0. The number of hydrogen-bond acceptors (Lipinski definition) is 3. The zero-order valence-corrected chi connectivity index (χ0v) is 10.4. The summed E-state index contributed by atoms with van der Waals surface area (Å²) in [5.41, 5.74) is 6.35. The molecule has 3 N–H and O–H groups in total. The summed E-state index contributed by atoms with van der Waals surface area (Å²) in [6.45, 7) is 3.98. The highest BCUT2D eigenvalue weighted by atomic mass is 19.1. The van der Waals surface area contributed by atoms with E-state index in [2.05, 4.69) is 10.4 Å². The number of hydrogen-bond donors (Lipinski definition) is 2. The highest BCUT2D eigenvalue weighted by molar-refractivity contribution is 5.41. The molecule has 0 saturated heterocycles. The second kappa shape index (κ2) is 5.25. The first-order valence-electron chi connectivity index (χ1n) is 5.76. The molecule has 1 unspecified atom stereocenters. The average Bonchev–Trinajstić information content (AvgIpc) is 2.35. The lowest BCUT2D eigenvalue weighted by Crippen LogP contribution is -2.30. The minimum atomic E-state index is -0.366. The van der Waals surface area contributed by atoms with E-state index in [4.69, 9.17) is 5.84 Å². The Bertz CT molecular complexity index is 534. The molecule has 0 bridgehead atoms. The average molecular weight is 245 g/mol. The Labute approximate surface area is 106 Å². The number of nitrogens with zero attached hydrogens (tertiary/aromatic N) is 1. The van der Waals surface area contributed by atoms with Crippen molar-refractivity contribution in [2.75, 3.05) is 0 Å². The Morgan fingerprint density at radius 2 is 1.89 bits per heavy atom. The van der Waals surface area contributed by atoms with Crippen LogP contribution in [-0.4, -0.2) is 4.98 Å². The van der Waals surface area contributed by atoms with Gasteiger partial charge < -0.3 is 0 Å². The summed E-state index contributed by atoms with van der Waals surface area (Å²) >= 11 is 0. The number of nitrogens with two attached hydrogens (primary N) is 1. The zero-order chi connectivity index (χ0) is 13.1. The van der Waals surface area contributed by atoms with Crippen LogP contribution in [0.1, 0.15) is 28.3 Å². The van der Waals surface area contributed by atoms with Gasteiger partial charge in [0.1, 0.15) is 5.82 Å². The predicted molar refractivity (Wildman–Crippen MR) is 69.3 cm³/mol. The van der Waals surface area contributed by atoms with Crippen LogP contribution in [-0.2, 0) is 0 Å². The third-order valence-electron chi connectivity index (χ3n) is 3.11. The fraction of sp³-hybridized carbons (Fsp3) is 0.214. The van der Waals surface area contributed by atoms with Crippen molar-refractivity contribution in [3.05, 3.63) is 64.7 Å². The van der Waals surface area contributed by atoms with Gasteiger partial charge in [-0.25, -0.2) is 9.82 Å². The number of hydrazine groups is 1. The maximum absolute atomic E-state index is 13.8. The number of aryl methyl sites for hydroxylation is 2. The van der Waals surface area contributed by atoms with Crippen molar-refractivity contribution >= 4 is 0 Å². The molecule has 1 aromatic carbocycles. The van der Waals surface area contributed by atoms with Gasteiger partial charge in [0.2, 0.25) is 0 Å². The predicted octanol–water partition coefficient (Wildman–Crippen LogP) is 2.39. The Morgan fingerprint density at radius 3 is 2.44 bits per heavy atom. The minimum absolute atomic E-state index is 0.358. The fourth-order valence-corrected chi connectivity index (χ4v) is 2.23. The van der Waals surface area contributed by atoms with Gasteiger partial charge in [-0.3, -0.25) is 10.8 Å². The molecule has 0 aliphatic carbocycles. The molecule has 0 amide bonds. The van der Waals surface area contributed by atoms with Gasteiger partial charge in [0.25, 0.3) is 0 Å². The van der Waals surface area contributed by atoms with E-state index in [1.165, 1.54) is 6.20 Å². The molecule has 0 radical (unpaired) electrons. The molecule has 94 valence electrons. The number of aromatic nitrogens is 1. The summed E-state index contributed by atoms with van der Waals surface area (Å²) in [6.07, 6.45) is 2.77. The molecule has 0 aliphatic heterocycles. The quantitative estimate of drug-likeness (QED) is 0.645. The normalized spacial score (nSPS) is 12.4. The van der Waals surface area contributed by atoms with Crippen LogP contribution < -0.4 is 11.3 Å². The molecular weight excluding hydrogens is 229 g/mol. The molecule has 2 rings (SSSR count). The standard InChI is InChI=1S/C14H16FN3/c1-9-4-3-5-10(2)13(9)14(18-16)11-6-7-17-8-12(11)15/h3-8,14,18H,16H2,1-2H3. The molecule has 4 heteroatoms. The van der Waals surface area contributed by atoms with Crippen LogP contribution in [0.2, 0.25) is 0 Å². The molecule has 0 spiro atoms. The first-order chi connectivity index (χ1) is 8.65. The van der Waals surface area contributed by atoms with E-state index in [-0.39, 0.29) is 11.9 Å². The van der Waals surface area contributed by atoms with E-state index in [0.29, 0.717) is 5.56 Å². The first-order valence-corrected chi connectivity index (χ1v) is 5.76. The Balaban J connectivity index is 2.56. The molecular formula is C14H16FN3. The van der Waals surface area contributed by atoms with Crippen molar-refractivity contribution in [2.24, 2.45) is 5.84 Å². The largest absolute Gasteiger partial charge is 0.271 e. The summed E-state index contributed by atoms with van der Waals surface area (Å²) in [5, 5.41) is 0. The van der Waals surface area contributed by atoms with Crippen molar-refractivity contribution in [3.8, 4) is 0 Å². The number of halogens is 1. The van der Waals surface area contributed by atoms with Crippen LogP contribution >= 0.6 is 0 Å². The Hall–Kier alpha value is -1.78. The van der Waals surface area contributed by atoms with Crippen molar-refractivity contribution in [1.29, 1.82) is 0 Å². The summed E-state index contributed by atoms with van der Waals surface area (Å²) in [4.78, 5) is 3.76. The minimum Gasteiger partial charge on any atom is -0.271 e. The molecule has 3 nitrogen and oxygen atoms in total. The maximum atomic E-state index is 13.8.